The van der Waals surface area contributed by atoms with Crippen LogP contribution in [0.5, 0.6) is 0 Å². The number of hydrogen-bond donors (Lipinski definition) is 0. The van der Waals surface area contributed by atoms with E-state index >= 15 is 0 Å². The molecule has 0 aromatic rings. The monoisotopic (exact) mass is 190 g/mol. The molecule has 0 saturated heterocycles. The van der Waals surface area contributed by atoms with Gasteiger partial charge in [0.2, 0.25) is 0 Å². The summed E-state index contributed by atoms with van der Waals surface area (Å²) in [4.78, 5) is 0. The van der Waals surface area contributed by atoms with E-state index in [0.717, 1.165) is 6.42 Å². The van der Waals surface area contributed by atoms with Crippen molar-refractivity contribution in [3.63, 3.8) is 0 Å². The third-order valence-corrected chi connectivity index (χ3v) is 4.22. The van der Waals surface area contributed by atoms with Gasteiger partial charge in [-0.15, -0.1) is 0 Å². The fourth-order valence-corrected chi connectivity index (χ4v) is 3.26. The average molecular weight is 190 g/mol. The summed E-state index contributed by atoms with van der Waals surface area (Å²) in [7, 11) is 0. The van der Waals surface area contributed by atoms with Crippen molar-refractivity contribution in [2.75, 3.05) is 0 Å². The zero-order chi connectivity index (χ0) is 10.2. The maximum absolute atomic E-state index is 2.44. The summed E-state index contributed by atoms with van der Waals surface area (Å²) in [5.74, 6) is 0. The first-order valence-electron chi connectivity index (χ1n) is 5.93. The van der Waals surface area contributed by atoms with Crippen molar-refractivity contribution in [3.8, 4) is 0 Å². The summed E-state index contributed by atoms with van der Waals surface area (Å²) < 4.78 is 0. The third-order valence-electron chi connectivity index (χ3n) is 4.22. The van der Waals surface area contributed by atoms with E-state index in [1.54, 1.807) is 5.57 Å². The Labute approximate surface area is 88.1 Å². The Morgan fingerprint density at radius 2 is 1.79 bits per heavy atom. The van der Waals surface area contributed by atoms with Gasteiger partial charge in [0, 0.05) is 0 Å². The van der Waals surface area contributed by atoms with Crippen LogP contribution in [0, 0.1) is 10.8 Å². The molecule has 78 valence electrons. The standard InChI is InChI=1S/C14H22/c1-13(2,3)14(10-6-7-11-14)12-8-4-5-9-12/h4,8-9H,5-7,10-11H2,1-3H3. The molecule has 1 fully saturated rings. The van der Waals surface area contributed by atoms with Crippen LogP contribution in [0.3, 0.4) is 0 Å². The molecule has 0 heteroatoms. The van der Waals surface area contributed by atoms with E-state index in [1.165, 1.54) is 25.7 Å². The molecule has 14 heavy (non-hydrogen) atoms. The fourth-order valence-electron chi connectivity index (χ4n) is 3.26. The van der Waals surface area contributed by atoms with Crippen molar-refractivity contribution in [3.05, 3.63) is 23.8 Å². The van der Waals surface area contributed by atoms with Crippen molar-refractivity contribution in [1.82, 2.24) is 0 Å². The molecule has 2 aliphatic carbocycles. The van der Waals surface area contributed by atoms with E-state index in [-0.39, 0.29) is 0 Å². The van der Waals surface area contributed by atoms with E-state index in [0.29, 0.717) is 10.8 Å². The number of rotatable bonds is 1. The van der Waals surface area contributed by atoms with Crippen LogP contribution < -0.4 is 0 Å². The molecule has 1 saturated carbocycles. The lowest BCUT2D eigenvalue weighted by Crippen LogP contribution is -2.34. The highest BCUT2D eigenvalue weighted by Gasteiger charge is 2.45. The van der Waals surface area contributed by atoms with E-state index in [1.807, 2.05) is 0 Å². The van der Waals surface area contributed by atoms with Crippen LogP contribution in [-0.2, 0) is 0 Å². The van der Waals surface area contributed by atoms with Gasteiger partial charge in [0.25, 0.3) is 0 Å². The molecular formula is C14H22. The molecule has 0 atom stereocenters. The molecule has 0 aliphatic heterocycles. The van der Waals surface area contributed by atoms with Gasteiger partial charge < -0.3 is 0 Å². The summed E-state index contributed by atoms with van der Waals surface area (Å²) in [5.41, 5.74) is 2.53. The Bertz CT molecular complexity index is 267. The number of hydrogen-bond acceptors (Lipinski definition) is 0. The summed E-state index contributed by atoms with van der Waals surface area (Å²) in [5, 5.41) is 0. The maximum atomic E-state index is 2.44. The van der Waals surface area contributed by atoms with Crippen molar-refractivity contribution < 1.29 is 0 Å². The second-order valence-corrected chi connectivity index (χ2v) is 5.84. The minimum Gasteiger partial charge on any atom is -0.0804 e. The van der Waals surface area contributed by atoms with Crippen LogP contribution in [-0.4, -0.2) is 0 Å². The second-order valence-electron chi connectivity index (χ2n) is 5.84. The van der Waals surface area contributed by atoms with Gasteiger partial charge in [-0.05, 0) is 35.7 Å². The van der Waals surface area contributed by atoms with Crippen LogP contribution in [0.25, 0.3) is 0 Å². The first kappa shape index (κ1) is 10.0. The molecular weight excluding hydrogens is 168 g/mol. The average Bonchev–Trinajstić information content (AvgIpc) is 2.74. The lowest BCUT2D eigenvalue weighted by atomic mass is 9.61. The molecule has 0 unspecified atom stereocenters. The molecule has 0 heterocycles. The molecule has 0 N–H and O–H groups in total. The van der Waals surface area contributed by atoms with Gasteiger partial charge in [0.05, 0.1) is 0 Å². The molecule has 2 aliphatic rings. The Balaban J connectivity index is 2.35. The van der Waals surface area contributed by atoms with Gasteiger partial charge >= 0.3 is 0 Å². The molecule has 0 radical (unpaired) electrons. The summed E-state index contributed by atoms with van der Waals surface area (Å²) >= 11 is 0. The Hall–Kier alpha value is -0.520. The van der Waals surface area contributed by atoms with Gasteiger partial charge in [0.15, 0.2) is 0 Å². The van der Waals surface area contributed by atoms with Crippen molar-refractivity contribution in [2.45, 2.75) is 52.9 Å². The lowest BCUT2D eigenvalue weighted by molar-refractivity contribution is 0.142. The van der Waals surface area contributed by atoms with Crippen LogP contribution in [0.2, 0.25) is 0 Å². The quantitative estimate of drug-likeness (QED) is 0.572. The van der Waals surface area contributed by atoms with Gasteiger partial charge in [0.1, 0.15) is 0 Å². The molecule has 0 bridgehead atoms. The Morgan fingerprint density at radius 3 is 2.21 bits per heavy atom. The zero-order valence-electron chi connectivity index (χ0n) is 9.77. The van der Waals surface area contributed by atoms with E-state index in [4.69, 9.17) is 0 Å². The van der Waals surface area contributed by atoms with Crippen molar-refractivity contribution in [1.29, 1.82) is 0 Å². The maximum Gasteiger partial charge on any atom is -0.000167 e. The lowest BCUT2D eigenvalue weighted by Gasteiger charge is -2.43. The highest BCUT2D eigenvalue weighted by atomic mass is 14.5. The van der Waals surface area contributed by atoms with Crippen LogP contribution >= 0.6 is 0 Å². The second kappa shape index (κ2) is 3.25. The molecule has 2 rings (SSSR count). The molecule has 0 aromatic carbocycles. The minimum atomic E-state index is 0.421. The topological polar surface area (TPSA) is 0 Å². The minimum absolute atomic E-state index is 0.421. The van der Waals surface area contributed by atoms with Gasteiger partial charge in [-0.2, -0.15) is 0 Å². The molecule has 0 amide bonds. The highest BCUT2D eigenvalue weighted by Crippen LogP contribution is 2.56. The normalized spacial score (nSPS) is 25.5. The predicted octanol–water partition coefficient (Wildman–Crippen LogP) is 4.48. The van der Waals surface area contributed by atoms with E-state index in [2.05, 4.69) is 39.0 Å². The van der Waals surface area contributed by atoms with Crippen LogP contribution in [0.15, 0.2) is 23.8 Å². The zero-order valence-corrected chi connectivity index (χ0v) is 9.77. The summed E-state index contributed by atoms with van der Waals surface area (Å²) in [6, 6.07) is 0. The summed E-state index contributed by atoms with van der Waals surface area (Å²) in [6.07, 6.45) is 13.9. The van der Waals surface area contributed by atoms with Gasteiger partial charge in [-0.25, -0.2) is 0 Å². The van der Waals surface area contributed by atoms with Crippen molar-refractivity contribution >= 4 is 0 Å². The fraction of sp³-hybridized carbons (Fsp3) is 0.714. The summed E-state index contributed by atoms with van der Waals surface area (Å²) in [6.45, 7) is 7.22. The highest BCUT2D eigenvalue weighted by molar-refractivity contribution is 5.35. The first-order chi connectivity index (χ1) is 6.56. The predicted molar refractivity (Wildman–Crippen MR) is 62.2 cm³/mol. The number of allylic oxidation sites excluding steroid dienone is 4. The Kier molecular flexibility index (Phi) is 2.33. The molecule has 0 aromatic heterocycles. The van der Waals surface area contributed by atoms with Crippen LogP contribution in [0.1, 0.15) is 52.9 Å². The molecule has 0 nitrogen and oxygen atoms in total. The smallest absolute Gasteiger partial charge is 0.000167 e. The van der Waals surface area contributed by atoms with E-state index < -0.39 is 0 Å². The van der Waals surface area contributed by atoms with Gasteiger partial charge in [-0.3, -0.25) is 0 Å². The Morgan fingerprint density at radius 1 is 1.14 bits per heavy atom. The van der Waals surface area contributed by atoms with Gasteiger partial charge in [-0.1, -0.05) is 51.8 Å². The largest absolute Gasteiger partial charge is 0.0804 e. The van der Waals surface area contributed by atoms with E-state index in [9.17, 15) is 0 Å². The van der Waals surface area contributed by atoms with Crippen molar-refractivity contribution in [2.24, 2.45) is 10.8 Å². The first-order valence-corrected chi connectivity index (χ1v) is 5.93. The third kappa shape index (κ3) is 1.36. The SMILES string of the molecule is CC(C)(C)C1(C2=CCC=C2)CCCC1. The molecule has 0 spiro atoms. The van der Waals surface area contributed by atoms with Crippen LogP contribution in [0.4, 0.5) is 0 Å².